The normalized spacial score (nSPS) is 11.6. The molecule has 2 aromatic carbocycles. The molecule has 0 bridgehead atoms. The zero-order valence-electron chi connectivity index (χ0n) is 12.9. The standard InChI is InChI=1S/C17H15ClN2O3S/c1-12-9-13-5-2-3-8-16(13)20(12)11-17(21)19-24(22,23)15-7-4-6-14(18)10-15/h2-10H,11H2,1H3,(H,19,21). The van der Waals surface area contributed by atoms with E-state index in [4.69, 9.17) is 11.6 Å². The van der Waals surface area contributed by atoms with Crippen molar-refractivity contribution in [2.45, 2.75) is 18.4 Å². The van der Waals surface area contributed by atoms with E-state index >= 15 is 0 Å². The van der Waals surface area contributed by atoms with Crippen LogP contribution in [0.2, 0.25) is 5.02 Å². The van der Waals surface area contributed by atoms with E-state index in [1.165, 1.54) is 18.2 Å². The zero-order valence-corrected chi connectivity index (χ0v) is 14.4. The number of nitrogens with zero attached hydrogens (tertiary/aromatic N) is 1. The monoisotopic (exact) mass is 362 g/mol. The lowest BCUT2D eigenvalue weighted by Gasteiger charge is -2.10. The molecule has 0 spiro atoms. The van der Waals surface area contributed by atoms with Crippen LogP contribution in [-0.4, -0.2) is 18.9 Å². The fourth-order valence-electron chi connectivity index (χ4n) is 2.58. The Kier molecular flexibility index (Phi) is 4.34. The van der Waals surface area contributed by atoms with Gasteiger partial charge in [-0.15, -0.1) is 0 Å². The number of carbonyl (C=O) groups is 1. The summed E-state index contributed by atoms with van der Waals surface area (Å²) < 4.78 is 28.4. The maximum atomic E-state index is 12.3. The molecule has 0 radical (unpaired) electrons. The Balaban J connectivity index is 1.84. The highest BCUT2D eigenvalue weighted by atomic mass is 35.5. The van der Waals surface area contributed by atoms with E-state index in [9.17, 15) is 13.2 Å². The van der Waals surface area contributed by atoms with Crippen LogP contribution >= 0.6 is 11.6 Å². The summed E-state index contributed by atoms with van der Waals surface area (Å²) in [6.07, 6.45) is 0. The smallest absolute Gasteiger partial charge is 0.264 e. The molecule has 7 heteroatoms. The summed E-state index contributed by atoms with van der Waals surface area (Å²) in [5, 5.41) is 1.29. The van der Waals surface area contributed by atoms with E-state index in [1.54, 1.807) is 10.6 Å². The van der Waals surface area contributed by atoms with Gasteiger partial charge in [-0.3, -0.25) is 4.79 Å². The number of amides is 1. The van der Waals surface area contributed by atoms with Crippen LogP contribution in [-0.2, 0) is 21.4 Å². The molecule has 1 amide bonds. The molecule has 0 saturated heterocycles. The number of hydrogen-bond acceptors (Lipinski definition) is 3. The van der Waals surface area contributed by atoms with Gasteiger partial charge < -0.3 is 4.57 Å². The van der Waals surface area contributed by atoms with Gasteiger partial charge in [0.15, 0.2) is 0 Å². The van der Waals surface area contributed by atoms with Crippen molar-refractivity contribution in [3.05, 3.63) is 65.3 Å². The van der Waals surface area contributed by atoms with Crippen LogP contribution in [0.4, 0.5) is 0 Å². The second-order valence-corrected chi connectivity index (χ2v) is 7.54. The van der Waals surface area contributed by atoms with Crippen LogP contribution in [0.25, 0.3) is 10.9 Å². The van der Waals surface area contributed by atoms with E-state index < -0.39 is 15.9 Å². The van der Waals surface area contributed by atoms with Crippen molar-refractivity contribution < 1.29 is 13.2 Å². The molecule has 1 N–H and O–H groups in total. The highest BCUT2D eigenvalue weighted by molar-refractivity contribution is 7.90. The van der Waals surface area contributed by atoms with Crippen molar-refractivity contribution in [2.75, 3.05) is 0 Å². The van der Waals surface area contributed by atoms with Gasteiger partial charge in [0.05, 0.1) is 4.90 Å². The quantitative estimate of drug-likeness (QED) is 0.775. The van der Waals surface area contributed by atoms with Gasteiger partial charge in [0.1, 0.15) is 6.54 Å². The minimum Gasteiger partial charge on any atom is -0.335 e. The van der Waals surface area contributed by atoms with Crippen molar-refractivity contribution in [1.29, 1.82) is 0 Å². The van der Waals surface area contributed by atoms with Crippen LogP contribution in [0.3, 0.4) is 0 Å². The van der Waals surface area contributed by atoms with Gasteiger partial charge >= 0.3 is 0 Å². The number of benzene rings is 2. The van der Waals surface area contributed by atoms with Gasteiger partial charge in [0.2, 0.25) is 0 Å². The Hall–Kier alpha value is -2.31. The van der Waals surface area contributed by atoms with Gasteiger partial charge in [0.25, 0.3) is 15.9 Å². The van der Waals surface area contributed by atoms with Gasteiger partial charge in [-0.05, 0) is 42.6 Å². The number of sulfonamides is 1. The van der Waals surface area contributed by atoms with E-state index in [1.807, 2.05) is 37.3 Å². The molecule has 1 heterocycles. The Morgan fingerprint density at radius 1 is 1.12 bits per heavy atom. The third-order valence-electron chi connectivity index (χ3n) is 3.67. The summed E-state index contributed by atoms with van der Waals surface area (Å²) in [6.45, 7) is 1.79. The summed E-state index contributed by atoms with van der Waals surface area (Å²) in [5.41, 5.74) is 1.76. The molecule has 24 heavy (non-hydrogen) atoms. The second kappa shape index (κ2) is 6.30. The number of rotatable bonds is 4. The molecule has 1 aromatic heterocycles. The minimum absolute atomic E-state index is 0.0440. The number of fused-ring (bicyclic) bond motifs is 1. The van der Waals surface area contributed by atoms with E-state index in [0.717, 1.165) is 16.6 Å². The lowest BCUT2D eigenvalue weighted by atomic mass is 10.2. The molecular weight excluding hydrogens is 348 g/mol. The maximum Gasteiger partial charge on any atom is 0.264 e. The molecule has 5 nitrogen and oxygen atoms in total. The Morgan fingerprint density at radius 3 is 2.62 bits per heavy atom. The molecule has 3 aromatic rings. The third kappa shape index (κ3) is 3.29. The van der Waals surface area contributed by atoms with Gasteiger partial charge in [-0.2, -0.15) is 0 Å². The van der Waals surface area contributed by atoms with Crippen molar-refractivity contribution >= 4 is 38.4 Å². The molecule has 0 fully saturated rings. The first-order valence-corrected chi connectivity index (χ1v) is 9.09. The highest BCUT2D eigenvalue weighted by Gasteiger charge is 2.19. The lowest BCUT2D eigenvalue weighted by molar-refractivity contribution is -0.119. The van der Waals surface area contributed by atoms with Gasteiger partial charge in [-0.25, -0.2) is 13.1 Å². The van der Waals surface area contributed by atoms with Crippen LogP contribution in [0.1, 0.15) is 5.69 Å². The fraction of sp³-hybridized carbons (Fsp3) is 0.118. The van der Waals surface area contributed by atoms with Crippen LogP contribution in [0.5, 0.6) is 0 Å². The predicted molar refractivity (Wildman–Crippen MR) is 93.5 cm³/mol. The Morgan fingerprint density at radius 2 is 1.88 bits per heavy atom. The fourth-order valence-corrected chi connectivity index (χ4v) is 3.85. The number of halogens is 1. The number of aryl methyl sites for hydroxylation is 1. The average Bonchev–Trinajstić information content (AvgIpc) is 2.83. The first-order valence-electron chi connectivity index (χ1n) is 7.23. The molecule has 0 unspecified atom stereocenters. The zero-order chi connectivity index (χ0) is 17.3. The molecule has 0 saturated carbocycles. The topological polar surface area (TPSA) is 68.2 Å². The summed E-state index contributed by atoms with van der Waals surface area (Å²) in [7, 11) is -3.95. The summed E-state index contributed by atoms with van der Waals surface area (Å²) in [4.78, 5) is 12.2. The Bertz CT molecular complexity index is 1030. The summed E-state index contributed by atoms with van der Waals surface area (Å²) >= 11 is 5.81. The van der Waals surface area contributed by atoms with Crippen LogP contribution in [0.15, 0.2) is 59.5 Å². The van der Waals surface area contributed by atoms with E-state index in [2.05, 4.69) is 4.72 Å². The lowest BCUT2D eigenvalue weighted by Crippen LogP contribution is -2.33. The number of carbonyl (C=O) groups excluding carboxylic acids is 1. The summed E-state index contributed by atoms with van der Waals surface area (Å²) in [5.74, 6) is -0.612. The van der Waals surface area contributed by atoms with Crippen molar-refractivity contribution in [3.8, 4) is 0 Å². The predicted octanol–water partition coefficient (Wildman–Crippen LogP) is 3.11. The first kappa shape index (κ1) is 16.5. The van der Waals surface area contributed by atoms with Crippen molar-refractivity contribution in [1.82, 2.24) is 9.29 Å². The molecule has 124 valence electrons. The molecule has 0 atom stereocenters. The number of nitrogens with one attached hydrogen (secondary N) is 1. The summed E-state index contributed by atoms with van der Waals surface area (Å²) in [6, 6.07) is 15.3. The largest absolute Gasteiger partial charge is 0.335 e. The molecular formula is C17H15ClN2O3S. The van der Waals surface area contributed by atoms with E-state index in [0.29, 0.717) is 0 Å². The molecule has 3 rings (SSSR count). The van der Waals surface area contributed by atoms with Crippen LogP contribution < -0.4 is 4.72 Å². The average molecular weight is 363 g/mol. The van der Waals surface area contributed by atoms with Crippen molar-refractivity contribution in [3.63, 3.8) is 0 Å². The third-order valence-corrected chi connectivity index (χ3v) is 5.28. The minimum atomic E-state index is -3.95. The number of hydrogen-bond donors (Lipinski definition) is 1. The molecule has 0 aliphatic heterocycles. The first-order chi connectivity index (χ1) is 11.4. The highest BCUT2D eigenvalue weighted by Crippen LogP contribution is 2.19. The van der Waals surface area contributed by atoms with Crippen LogP contribution in [0, 0.1) is 6.92 Å². The SMILES string of the molecule is Cc1cc2ccccc2n1CC(=O)NS(=O)(=O)c1cccc(Cl)c1. The van der Waals surface area contributed by atoms with Gasteiger partial charge in [-0.1, -0.05) is 35.9 Å². The molecule has 0 aliphatic rings. The number of para-hydroxylation sites is 1. The molecule has 0 aliphatic carbocycles. The Labute approximate surface area is 144 Å². The maximum absolute atomic E-state index is 12.3. The van der Waals surface area contributed by atoms with Crippen molar-refractivity contribution in [2.24, 2.45) is 0 Å². The van der Waals surface area contributed by atoms with E-state index in [-0.39, 0.29) is 16.5 Å². The second-order valence-electron chi connectivity index (χ2n) is 5.42. The number of aromatic nitrogens is 1. The van der Waals surface area contributed by atoms with Gasteiger partial charge in [0, 0.05) is 16.2 Å².